The number of rotatable bonds is 2. The van der Waals surface area contributed by atoms with Gasteiger partial charge in [-0.1, -0.05) is 6.07 Å². The Morgan fingerprint density at radius 1 is 1.57 bits per heavy atom. The molecule has 2 aromatic rings. The zero-order valence-electron chi connectivity index (χ0n) is 7.58. The van der Waals surface area contributed by atoms with Gasteiger partial charge in [0.1, 0.15) is 11.3 Å². The van der Waals surface area contributed by atoms with E-state index < -0.39 is 0 Å². The van der Waals surface area contributed by atoms with Gasteiger partial charge in [-0.3, -0.25) is 4.79 Å². The third-order valence-corrected chi connectivity index (χ3v) is 2.44. The Morgan fingerprint density at radius 3 is 3.00 bits per heavy atom. The Kier molecular flexibility index (Phi) is 2.37. The molecule has 0 radical (unpaired) electrons. The average Bonchev–Trinajstić information content (AvgIpc) is 2.47. The van der Waals surface area contributed by atoms with E-state index in [-0.39, 0.29) is 12.2 Å². The van der Waals surface area contributed by atoms with E-state index >= 15 is 0 Å². The van der Waals surface area contributed by atoms with Gasteiger partial charge >= 0.3 is 0 Å². The number of fused-ring (bicyclic) bond motifs is 1. The molecule has 0 spiro atoms. The number of aromatic nitrogens is 1. The van der Waals surface area contributed by atoms with Crippen LogP contribution in [0.4, 0.5) is 0 Å². The van der Waals surface area contributed by atoms with Gasteiger partial charge in [0.15, 0.2) is 5.58 Å². The monoisotopic (exact) mass is 253 g/mol. The average molecular weight is 254 g/mol. The van der Waals surface area contributed by atoms with Crippen LogP contribution >= 0.6 is 15.9 Å². The number of hydrogen-bond acceptors (Lipinski definition) is 3. The van der Waals surface area contributed by atoms with Crippen molar-refractivity contribution in [3.05, 3.63) is 28.6 Å². The van der Waals surface area contributed by atoms with Crippen molar-refractivity contribution in [2.24, 2.45) is 0 Å². The maximum atomic E-state index is 10.9. The molecule has 0 bridgehead atoms. The number of hydrogen-bond donors (Lipinski definition) is 0. The van der Waals surface area contributed by atoms with Crippen LogP contribution in [0, 0.1) is 0 Å². The van der Waals surface area contributed by atoms with Crippen molar-refractivity contribution in [1.29, 1.82) is 0 Å². The maximum absolute atomic E-state index is 10.9. The van der Waals surface area contributed by atoms with E-state index in [0.717, 1.165) is 9.99 Å². The third-order valence-electron chi connectivity index (χ3n) is 1.81. The summed E-state index contributed by atoms with van der Waals surface area (Å²) >= 11 is 3.36. The predicted octanol–water partition coefficient (Wildman–Crippen LogP) is 2.72. The van der Waals surface area contributed by atoms with E-state index in [0.29, 0.717) is 11.5 Å². The third kappa shape index (κ3) is 1.70. The molecule has 4 heteroatoms. The summed E-state index contributed by atoms with van der Waals surface area (Å²) in [5.41, 5.74) is 1.47. The Labute approximate surface area is 89.3 Å². The highest BCUT2D eigenvalue weighted by Gasteiger charge is 2.09. The number of halogens is 1. The van der Waals surface area contributed by atoms with Gasteiger partial charge in [-0.2, -0.15) is 0 Å². The number of Topliss-reactive ketones (excluding diaryl/α,β-unsaturated/α-hetero) is 1. The second kappa shape index (κ2) is 3.53. The van der Waals surface area contributed by atoms with Crippen LogP contribution in [0.5, 0.6) is 0 Å². The summed E-state index contributed by atoms with van der Waals surface area (Å²) in [6.45, 7) is 1.52. The fraction of sp³-hybridized carbons (Fsp3) is 0.200. The lowest BCUT2D eigenvalue weighted by molar-refractivity contribution is -0.116. The Balaban J connectivity index is 2.51. The minimum Gasteiger partial charge on any atom is -0.439 e. The quantitative estimate of drug-likeness (QED) is 0.827. The van der Waals surface area contributed by atoms with Crippen molar-refractivity contribution >= 4 is 32.8 Å². The van der Waals surface area contributed by atoms with Crippen LogP contribution < -0.4 is 0 Å². The van der Waals surface area contributed by atoms with E-state index in [1.165, 1.54) is 6.92 Å². The van der Waals surface area contributed by atoms with Crippen molar-refractivity contribution in [3.63, 3.8) is 0 Å². The number of nitrogens with zero attached hydrogens (tertiary/aromatic N) is 1. The number of para-hydroxylation sites is 1. The molecule has 0 atom stereocenters. The highest BCUT2D eigenvalue weighted by atomic mass is 79.9. The molecule has 72 valence electrons. The molecule has 0 fully saturated rings. The van der Waals surface area contributed by atoms with E-state index in [9.17, 15) is 4.79 Å². The summed E-state index contributed by atoms with van der Waals surface area (Å²) < 4.78 is 6.29. The zero-order chi connectivity index (χ0) is 10.1. The number of carbonyl (C=O) groups excluding carboxylic acids is 1. The lowest BCUT2D eigenvalue weighted by Gasteiger charge is -1.88. The predicted molar refractivity (Wildman–Crippen MR) is 56.1 cm³/mol. The zero-order valence-corrected chi connectivity index (χ0v) is 9.17. The molecule has 0 aliphatic rings. The van der Waals surface area contributed by atoms with Crippen LogP contribution in [0.25, 0.3) is 11.1 Å². The Morgan fingerprint density at radius 2 is 2.36 bits per heavy atom. The Bertz CT molecular complexity index is 490. The molecular weight excluding hydrogens is 246 g/mol. The number of carbonyl (C=O) groups is 1. The van der Waals surface area contributed by atoms with Gasteiger partial charge in [-0.25, -0.2) is 4.98 Å². The highest BCUT2D eigenvalue weighted by molar-refractivity contribution is 9.10. The van der Waals surface area contributed by atoms with Crippen LogP contribution in [-0.4, -0.2) is 10.8 Å². The maximum Gasteiger partial charge on any atom is 0.202 e. The van der Waals surface area contributed by atoms with Gasteiger partial charge in [0.2, 0.25) is 5.89 Å². The van der Waals surface area contributed by atoms with Gasteiger partial charge in [-0.05, 0) is 35.0 Å². The summed E-state index contributed by atoms with van der Waals surface area (Å²) in [5.74, 6) is 0.520. The van der Waals surface area contributed by atoms with Gasteiger partial charge in [-0.15, -0.1) is 0 Å². The summed E-state index contributed by atoms with van der Waals surface area (Å²) in [5, 5.41) is 0. The van der Waals surface area contributed by atoms with Crippen molar-refractivity contribution in [3.8, 4) is 0 Å². The molecule has 14 heavy (non-hydrogen) atoms. The summed E-state index contributed by atoms with van der Waals surface area (Å²) in [6, 6.07) is 5.62. The minimum absolute atomic E-state index is 0.0488. The molecule has 1 aromatic carbocycles. The first-order valence-electron chi connectivity index (χ1n) is 4.20. The number of ketones is 1. The molecule has 3 nitrogen and oxygen atoms in total. The standard InChI is InChI=1S/C10H8BrNO2/c1-6(13)5-9-12-8-4-2-3-7(11)10(8)14-9/h2-4H,5H2,1H3. The van der Waals surface area contributed by atoms with Gasteiger partial charge in [0.05, 0.1) is 10.9 Å². The van der Waals surface area contributed by atoms with E-state index in [2.05, 4.69) is 20.9 Å². The number of oxazole rings is 1. The van der Waals surface area contributed by atoms with Crippen LogP contribution in [0.15, 0.2) is 27.1 Å². The second-order valence-electron chi connectivity index (χ2n) is 3.07. The molecule has 0 amide bonds. The lowest BCUT2D eigenvalue weighted by Crippen LogP contribution is -1.95. The first-order valence-corrected chi connectivity index (χ1v) is 4.99. The molecule has 2 rings (SSSR count). The van der Waals surface area contributed by atoms with Crippen LogP contribution in [-0.2, 0) is 11.2 Å². The molecule has 0 saturated heterocycles. The topological polar surface area (TPSA) is 43.1 Å². The molecule has 0 aliphatic carbocycles. The lowest BCUT2D eigenvalue weighted by atomic mass is 10.3. The molecular formula is C10H8BrNO2. The minimum atomic E-state index is 0.0488. The van der Waals surface area contributed by atoms with Crippen molar-refractivity contribution in [2.75, 3.05) is 0 Å². The highest BCUT2D eigenvalue weighted by Crippen LogP contribution is 2.24. The van der Waals surface area contributed by atoms with Gasteiger partial charge in [0, 0.05) is 0 Å². The van der Waals surface area contributed by atoms with E-state index in [1.807, 2.05) is 18.2 Å². The SMILES string of the molecule is CC(=O)Cc1nc2cccc(Br)c2o1. The van der Waals surface area contributed by atoms with Crippen molar-refractivity contribution in [1.82, 2.24) is 4.98 Å². The van der Waals surface area contributed by atoms with Crippen LogP contribution in [0.1, 0.15) is 12.8 Å². The molecule has 1 heterocycles. The molecule has 0 N–H and O–H groups in total. The van der Waals surface area contributed by atoms with Crippen LogP contribution in [0.2, 0.25) is 0 Å². The van der Waals surface area contributed by atoms with E-state index in [1.54, 1.807) is 0 Å². The molecule has 0 saturated carbocycles. The van der Waals surface area contributed by atoms with Crippen molar-refractivity contribution in [2.45, 2.75) is 13.3 Å². The summed E-state index contributed by atoms with van der Waals surface area (Å²) in [7, 11) is 0. The fourth-order valence-electron chi connectivity index (χ4n) is 1.25. The molecule has 0 unspecified atom stereocenters. The van der Waals surface area contributed by atoms with Crippen molar-refractivity contribution < 1.29 is 9.21 Å². The first kappa shape index (κ1) is 9.40. The summed E-state index contributed by atoms with van der Waals surface area (Å²) in [6.07, 6.45) is 0.251. The van der Waals surface area contributed by atoms with Gasteiger partial charge in [0.25, 0.3) is 0 Å². The fourth-order valence-corrected chi connectivity index (χ4v) is 1.69. The molecule has 1 aromatic heterocycles. The largest absolute Gasteiger partial charge is 0.439 e. The molecule has 0 aliphatic heterocycles. The number of benzene rings is 1. The van der Waals surface area contributed by atoms with Gasteiger partial charge < -0.3 is 4.42 Å². The second-order valence-corrected chi connectivity index (χ2v) is 3.93. The first-order chi connectivity index (χ1) is 6.66. The van der Waals surface area contributed by atoms with Crippen LogP contribution in [0.3, 0.4) is 0 Å². The Hall–Kier alpha value is -1.16. The summed E-state index contributed by atoms with van der Waals surface area (Å²) in [4.78, 5) is 15.1. The normalized spacial score (nSPS) is 10.7. The smallest absolute Gasteiger partial charge is 0.202 e. The van der Waals surface area contributed by atoms with E-state index in [4.69, 9.17) is 4.42 Å².